The topological polar surface area (TPSA) is 70.3 Å². The lowest BCUT2D eigenvalue weighted by atomic mass is 10.1. The summed E-state index contributed by atoms with van der Waals surface area (Å²) in [4.78, 5) is 3.72. The molecule has 1 heterocycles. The highest BCUT2D eigenvalue weighted by molar-refractivity contribution is 14.1. The molecule has 0 aliphatic rings. The molecule has 10 heteroatoms. The minimum atomic E-state index is -4.44. The van der Waals surface area contributed by atoms with Crippen molar-refractivity contribution in [1.82, 2.24) is 4.98 Å². The Morgan fingerprint density at radius 2 is 1.94 bits per heavy atom. The highest BCUT2D eigenvalue weighted by Crippen LogP contribution is 2.30. The summed E-state index contributed by atoms with van der Waals surface area (Å²) in [5.41, 5.74) is 3.75. The molecule has 1 N–H and O–H groups in total. The van der Waals surface area contributed by atoms with Gasteiger partial charge in [-0.2, -0.15) is 23.5 Å². The van der Waals surface area contributed by atoms with Crippen molar-refractivity contribution in [3.05, 3.63) is 84.1 Å². The second-order valence-corrected chi connectivity index (χ2v) is 8.57. The van der Waals surface area contributed by atoms with Gasteiger partial charge in [0.2, 0.25) is 0 Å². The van der Waals surface area contributed by atoms with Gasteiger partial charge in [0, 0.05) is 20.9 Å². The van der Waals surface area contributed by atoms with Crippen LogP contribution in [0.5, 0.6) is 5.75 Å². The standard InChI is InChI=1S/C21H13F3I2N4O/c22-21(23,24)16-5-6-19(28-11-16)30-29-10-15-7-17(25)8-18(26)20(15)31-12-14-4-2-1-3-13(14)9-27/h1-8,10-11H,12H2,(H,28,30)/b29-10-. The van der Waals surface area contributed by atoms with Crippen molar-refractivity contribution in [2.24, 2.45) is 5.10 Å². The van der Waals surface area contributed by atoms with Crippen LogP contribution in [-0.2, 0) is 12.8 Å². The third kappa shape index (κ3) is 6.30. The molecule has 0 spiro atoms. The lowest BCUT2D eigenvalue weighted by Gasteiger charge is -2.13. The van der Waals surface area contributed by atoms with Crippen LogP contribution in [-0.4, -0.2) is 11.2 Å². The first-order chi connectivity index (χ1) is 14.8. The molecule has 3 rings (SSSR count). The van der Waals surface area contributed by atoms with E-state index in [0.717, 1.165) is 25.0 Å². The van der Waals surface area contributed by atoms with Crippen LogP contribution in [0.25, 0.3) is 0 Å². The van der Waals surface area contributed by atoms with E-state index in [4.69, 9.17) is 4.74 Å². The largest absolute Gasteiger partial charge is 0.487 e. The first kappa shape index (κ1) is 23.3. The van der Waals surface area contributed by atoms with E-state index in [2.05, 4.69) is 66.8 Å². The van der Waals surface area contributed by atoms with Gasteiger partial charge in [0.15, 0.2) is 0 Å². The molecule has 0 unspecified atom stereocenters. The molecule has 0 aliphatic carbocycles. The minimum Gasteiger partial charge on any atom is -0.487 e. The van der Waals surface area contributed by atoms with Gasteiger partial charge in [0.25, 0.3) is 0 Å². The highest BCUT2D eigenvalue weighted by Gasteiger charge is 2.30. The molecule has 2 aromatic carbocycles. The molecule has 158 valence electrons. The van der Waals surface area contributed by atoms with Crippen LogP contribution >= 0.6 is 45.2 Å². The number of rotatable bonds is 6. The summed E-state index contributed by atoms with van der Waals surface area (Å²) >= 11 is 4.32. The summed E-state index contributed by atoms with van der Waals surface area (Å²) in [6, 6.07) is 15.2. The molecule has 0 bridgehead atoms. The number of hydrazone groups is 1. The van der Waals surface area contributed by atoms with Gasteiger partial charge in [-0.05, 0) is 75.5 Å². The van der Waals surface area contributed by atoms with Gasteiger partial charge in [-0.1, -0.05) is 18.2 Å². The first-order valence-corrected chi connectivity index (χ1v) is 10.9. The number of benzene rings is 2. The van der Waals surface area contributed by atoms with Crippen molar-refractivity contribution >= 4 is 57.2 Å². The van der Waals surface area contributed by atoms with E-state index in [-0.39, 0.29) is 12.4 Å². The number of anilines is 1. The van der Waals surface area contributed by atoms with Crippen molar-refractivity contribution < 1.29 is 17.9 Å². The zero-order chi connectivity index (χ0) is 22.4. The van der Waals surface area contributed by atoms with Crippen molar-refractivity contribution in [1.29, 1.82) is 5.26 Å². The average molecular weight is 648 g/mol. The Balaban J connectivity index is 1.77. The van der Waals surface area contributed by atoms with Gasteiger partial charge in [-0.15, -0.1) is 0 Å². The quantitative estimate of drug-likeness (QED) is 0.196. The molecule has 3 aromatic rings. The number of nitrogens with one attached hydrogen (secondary N) is 1. The number of nitriles is 1. The average Bonchev–Trinajstić information content (AvgIpc) is 2.73. The van der Waals surface area contributed by atoms with Crippen LogP contribution in [0.3, 0.4) is 0 Å². The Morgan fingerprint density at radius 3 is 2.61 bits per heavy atom. The number of aromatic nitrogens is 1. The molecule has 0 amide bonds. The summed E-state index contributed by atoms with van der Waals surface area (Å²) in [5, 5.41) is 13.3. The van der Waals surface area contributed by atoms with Crippen molar-refractivity contribution in [2.45, 2.75) is 12.8 Å². The fourth-order valence-electron chi connectivity index (χ4n) is 2.53. The summed E-state index contributed by atoms with van der Waals surface area (Å²) in [7, 11) is 0. The second kappa shape index (κ2) is 10.3. The van der Waals surface area contributed by atoms with Crippen LogP contribution in [0.4, 0.5) is 19.0 Å². The Kier molecular flexibility index (Phi) is 7.71. The molecule has 0 radical (unpaired) electrons. The maximum Gasteiger partial charge on any atom is 0.417 e. The zero-order valence-corrected chi connectivity index (χ0v) is 19.9. The van der Waals surface area contributed by atoms with Crippen LogP contribution in [0, 0.1) is 18.5 Å². The zero-order valence-electron chi connectivity index (χ0n) is 15.6. The molecule has 31 heavy (non-hydrogen) atoms. The van der Waals surface area contributed by atoms with Gasteiger partial charge in [-0.25, -0.2) is 4.98 Å². The molecule has 1 aromatic heterocycles. The Labute approximate surface area is 203 Å². The number of ether oxygens (including phenoxy) is 1. The van der Waals surface area contributed by atoms with Crippen molar-refractivity contribution in [3.63, 3.8) is 0 Å². The molecular formula is C21H13F3I2N4O. The van der Waals surface area contributed by atoms with E-state index < -0.39 is 11.7 Å². The normalized spacial score (nSPS) is 11.4. The summed E-state index contributed by atoms with van der Waals surface area (Å²) < 4.78 is 45.7. The van der Waals surface area contributed by atoms with Crippen LogP contribution in [0.1, 0.15) is 22.3 Å². The number of hydrogen-bond donors (Lipinski definition) is 1. The third-order valence-corrected chi connectivity index (χ3v) is 5.44. The molecule has 0 aliphatic heterocycles. The van der Waals surface area contributed by atoms with Crippen LogP contribution < -0.4 is 10.2 Å². The molecular weight excluding hydrogens is 635 g/mol. The molecule has 0 saturated heterocycles. The second-order valence-electron chi connectivity index (χ2n) is 6.16. The van der Waals surface area contributed by atoms with Crippen molar-refractivity contribution in [3.8, 4) is 11.8 Å². The Morgan fingerprint density at radius 1 is 1.16 bits per heavy atom. The fourth-order valence-corrected chi connectivity index (χ4v) is 4.57. The Hall–Kier alpha value is -2.40. The van der Waals surface area contributed by atoms with E-state index in [0.29, 0.717) is 16.9 Å². The smallest absolute Gasteiger partial charge is 0.417 e. The summed E-state index contributed by atoms with van der Waals surface area (Å²) in [6.45, 7) is 0.203. The van der Waals surface area contributed by atoms with E-state index in [1.54, 1.807) is 12.1 Å². The van der Waals surface area contributed by atoms with Gasteiger partial charge in [0.1, 0.15) is 18.2 Å². The van der Waals surface area contributed by atoms with Gasteiger partial charge in [-0.3, -0.25) is 5.43 Å². The van der Waals surface area contributed by atoms with Gasteiger partial charge in [0.05, 0.1) is 27.0 Å². The minimum absolute atomic E-state index is 0.176. The Bertz CT molecular complexity index is 1140. The number of hydrogen-bond acceptors (Lipinski definition) is 5. The van der Waals surface area contributed by atoms with Crippen LogP contribution in [0.15, 0.2) is 59.8 Å². The number of nitrogens with zero attached hydrogens (tertiary/aromatic N) is 3. The van der Waals surface area contributed by atoms with Crippen molar-refractivity contribution in [2.75, 3.05) is 5.43 Å². The first-order valence-electron chi connectivity index (χ1n) is 8.70. The summed E-state index contributed by atoms with van der Waals surface area (Å²) in [6.07, 6.45) is -2.19. The van der Waals surface area contributed by atoms with E-state index in [9.17, 15) is 18.4 Å². The third-order valence-electron chi connectivity index (χ3n) is 4.02. The molecule has 0 saturated carbocycles. The molecule has 0 fully saturated rings. The number of alkyl halides is 3. The lowest BCUT2D eigenvalue weighted by molar-refractivity contribution is -0.137. The van der Waals surface area contributed by atoms with Gasteiger partial charge < -0.3 is 4.74 Å². The maximum absolute atomic E-state index is 12.6. The van der Waals surface area contributed by atoms with Crippen LogP contribution in [0.2, 0.25) is 0 Å². The predicted molar refractivity (Wildman–Crippen MR) is 128 cm³/mol. The molecule has 0 atom stereocenters. The lowest BCUT2D eigenvalue weighted by Crippen LogP contribution is -2.06. The maximum atomic E-state index is 12.6. The monoisotopic (exact) mass is 648 g/mol. The number of pyridine rings is 1. The summed E-state index contributed by atoms with van der Waals surface area (Å²) in [5.74, 6) is 0.759. The number of halogens is 5. The fraction of sp³-hybridized carbons (Fsp3) is 0.0952. The van der Waals surface area contributed by atoms with E-state index in [1.807, 2.05) is 24.3 Å². The van der Waals surface area contributed by atoms with Gasteiger partial charge >= 0.3 is 6.18 Å². The van der Waals surface area contributed by atoms with E-state index >= 15 is 0 Å². The predicted octanol–water partition coefficient (Wildman–Crippen LogP) is 6.21. The molecule has 5 nitrogen and oxygen atoms in total. The highest BCUT2D eigenvalue weighted by atomic mass is 127. The van der Waals surface area contributed by atoms with E-state index in [1.165, 1.54) is 12.3 Å². The SMILES string of the molecule is N#Cc1ccccc1COc1c(I)cc(I)cc1/C=N\Nc1ccc(C(F)(F)F)cn1.